The van der Waals surface area contributed by atoms with Gasteiger partial charge in [0.1, 0.15) is 5.92 Å². The van der Waals surface area contributed by atoms with Gasteiger partial charge in [-0.3, -0.25) is 9.79 Å². The van der Waals surface area contributed by atoms with E-state index >= 15 is 0 Å². The summed E-state index contributed by atoms with van der Waals surface area (Å²) >= 11 is 0. The fourth-order valence-corrected chi connectivity index (χ4v) is 1.43. The van der Waals surface area contributed by atoms with Crippen LogP contribution in [0.4, 0.5) is 0 Å². The van der Waals surface area contributed by atoms with Crippen LogP contribution >= 0.6 is 0 Å². The average molecular weight is 275 g/mol. The molecule has 5 nitrogen and oxygen atoms in total. The Hall–Kier alpha value is -2.43. The number of carbonyl (C=O) groups is 2. The van der Waals surface area contributed by atoms with Crippen molar-refractivity contribution in [2.24, 2.45) is 10.9 Å². The molecule has 1 aromatic carbocycles. The zero-order valence-electron chi connectivity index (χ0n) is 11.5. The van der Waals surface area contributed by atoms with Crippen molar-refractivity contribution in [1.82, 2.24) is 0 Å². The summed E-state index contributed by atoms with van der Waals surface area (Å²) in [4.78, 5) is 26.7. The van der Waals surface area contributed by atoms with Crippen LogP contribution in [0.3, 0.4) is 0 Å². The molecule has 0 aliphatic rings. The second kappa shape index (κ2) is 8.63. The van der Waals surface area contributed by atoms with E-state index in [0.29, 0.717) is 6.54 Å². The summed E-state index contributed by atoms with van der Waals surface area (Å²) in [6.45, 7) is 0.459. The standard InChI is InChI=1S/C15H17NO4/c1-19-14(17)9-8-13(15(18)20-2)11-16-10-12-6-4-3-5-7-12/h3-9,11,13H,10H2,1-2H3/b9-8+,16-11?/t13-/m0/s1. The third-order valence-corrected chi connectivity index (χ3v) is 2.50. The normalized spacial score (nSPS) is 12.5. The van der Waals surface area contributed by atoms with Gasteiger partial charge < -0.3 is 9.47 Å². The zero-order valence-corrected chi connectivity index (χ0v) is 11.5. The van der Waals surface area contributed by atoms with E-state index in [1.54, 1.807) is 0 Å². The highest BCUT2D eigenvalue weighted by molar-refractivity contribution is 5.93. The van der Waals surface area contributed by atoms with Crippen LogP contribution in [-0.4, -0.2) is 32.4 Å². The molecule has 1 rings (SSSR count). The first-order chi connectivity index (χ1) is 9.67. The number of rotatable bonds is 6. The third kappa shape index (κ3) is 5.48. The van der Waals surface area contributed by atoms with Crippen molar-refractivity contribution in [2.45, 2.75) is 6.54 Å². The lowest BCUT2D eigenvalue weighted by molar-refractivity contribution is -0.141. The summed E-state index contributed by atoms with van der Waals surface area (Å²) in [5, 5.41) is 0. The Morgan fingerprint density at radius 2 is 1.90 bits per heavy atom. The van der Waals surface area contributed by atoms with Gasteiger partial charge in [0.15, 0.2) is 0 Å². The Morgan fingerprint density at radius 1 is 1.20 bits per heavy atom. The SMILES string of the molecule is COC(=O)/C=C/[C@@H](C=NCc1ccccc1)C(=O)OC. The van der Waals surface area contributed by atoms with E-state index in [1.165, 1.54) is 32.6 Å². The summed E-state index contributed by atoms with van der Waals surface area (Å²) in [6, 6.07) is 9.63. The molecule has 0 heterocycles. The van der Waals surface area contributed by atoms with Crippen LogP contribution < -0.4 is 0 Å². The van der Waals surface area contributed by atoms with Gasteiger partial charge in [0.2, 0.25) is 0 Å². The molecule has 0 aliphatic carbocycles. The van der Waals surface area contributed by atoms with E-state index in [2.05, 4.69) is 14.5 Å². The van der Waals surface area contributed by atoms with Crippen molar-refractivity contribution >= 4 is 18.2 Å². The third-order valence-electron chi connectivity index (χ3n) is 2.50. The van der Waals surface area contributed by atoms with Gasteiger partial charge in [-0.15, -0.1) is 0 Å². The molecule has 20 heavy (non-hydrogen) atoms. The molecular formula is C15H17NO4. The highest BCUT2D eigenvalue weighted by atomic mass is 16.5. The molecule has 0 N–H and O–H groups in total. The predicted octanol–water partition coefficient (Wildman–Crippen LogP) is 1.78. The van der Waals surface area contributed by atoms with Gasteiger partial charge in [-0.05, 0) is 5.56 Å². The molecule has 0 amide bonds. The first kappa shape index (κ1) is 15.6. The number of esters is 2. The lowest BCUT2D eigenvalue weighted by Crippen LogP contribution is -2.16. The molecule has 106 valence electrons. The number of carbonyl (C=O) groups excluding carboxylic acids is 2. The number of aliphatic imine (C=N–C) groups is 1. The summed E-state index contributed by atoms with van der Waals surface area (Å²) < 4.78 is 9.11. The molecule has 0 radical (unpaired) electrons. The zero-order chi connectivity index (χ0) is 14.8. The van der Waals surface area contributed by atoms with Gasteiger partial charge in [0, 0.05) is 12.3 Å². The van der Waals surface area contributed by atoms with Gasteiger partial charge >= 0.3 is 11.9 Å². The molecular weight excluding hydrogens is 258 g/mol. The minimum absolute atomic E-state index is 0.459. The molecule has 0 saturated heterocycles. The largest absolute Gasteiger partial charge is 0.468 e. The monoisotopic (exact) mass is 275 g/mol. The summed E-state index contributed by atoms with van der Waals surface area (Å²) in [5.74, 6) is -1.72. The van der Waals surface area contributed by atoms with Gasteiger partial charge in [-0.2, -0.15) is 0 Å². The summed E-state index contributed by atoms with van der Waals surface area (Å²) in [5.41, 5.74) is 1.03. The van der Waals surface area contributed by atoms with E-state index in [-0.39, 0.29) is 0 Å². The minimum atomic E-state index is -0.706. The molecule has 0 aliphatic heterocycles. The molecule has 0 fully saturated rings. The lowest BCUT2D eigenvalue weighted by Gasteiger charge is -2.04. The van der Waals surface area contributed by atoms with Crippen molar-refractivity contribution in [2.75, 3.05) is 14.2 Å². The maximum Gasteiger partial charge on any atom is 0.330 e. The van der Waals surface area contributed by atoms with Gasteiger partial charge in [0.25, 0.3) is 0 Å². The highest BCUT2D eigenvalue weighted by Gasteiger charge is 2.13. The van der Waals surface area contributed by atoms with Crippen molar-refractivity contribution in [3.05, 3.63) is 48.0 Å². The van der Waals surface area contributed by atoms with E-state index in [9.17, 15) is 9.59 Å². The first-order valence-electron chi connectivity index (χ1n) is 6.05. The smallest absolute Gasteiger partial charge is 0.330 e. The average Bonchev–Trinajstić information content (AvgIpc) is 2.50. The summed E-state index contributed by atoms with van der Waals surface area (Å²) in [7, 11) is 2.55. The van der Waals surface area contributed by atoms with Crippen LogP contribution in [0.5, 0.6) is 0 Å². The van der Waals surface area contributed by atoms with Gasteiger partial charge in [-0.25, -0.2) is 4.79 Å². The van der Waals surface area contributed by atoms with Gasteiger partial charge in [-0.1, -0.05) is 36.4 Å². The Labute approximate surface area is 117 Å². The Morgan fingerprint density at radius 3 is 2.50 bits per heavy atom. The molecule has 0 bridgehead atoms. The minimum Gasteiger partial charge on any atom is -0.468 e. The molecule has 0 saturated carbocycles. The van der Waals surface area contributed by atoms with Crippen molar-refractivity contribution in [1.29, 1.82) is 0 Å². The molecule has 1 atom stereocenters. The second-order valence-electron chi connectivity index (χ2n) is 3.91. The second-order valence-corrected chi connectivity index (χ2v) is 3.91. The van der Waals surface area contributed by atoms with E-state index in [0.717, 1.165) is 5.56 Å². The molecule has 0 spiro atoms. The van der Waals surface area contributed by atoms with Crippen LogP contribution in [0, 0.1) is 5.92 Å². The van der Waals surface area contributed by atoms with Crippen molar-refractivity contribution in [3.8, 4) is 0 Å². The Bertz CT molecular complexity index is 494. The van der Waals surface area contributed by atoms with Crippen LogP contribution in [0.2, 0.25) is 0 Å². The number of hydrogen-bond acceptors (Lipinski definition) is 5. The number of ether oxygens (including phenoxy) is 2. The molecule has 0 aromatic heterocycles. The highest BCUT2D eigenvalue weighted by Crippen LogP contribution is 2.03. The first-order valence-corrected chi connectivity index (χ1v) is 6.05. The van der Waals surface area contributed by atoms with Crippen molar-refractivity contribution < 1.29 is 19.1 Å². The molecule has 0 unspecified atom stereocenters. The fourth-order valence-electron chi connectivity index (χ4n) is 1.43. The Kier molecular flexibility index (Phi) is 6.75. The number of nitrogens with zero attached hydrogens (tertiary/aromatic N) is 1. The van der Waals surface area contributed by atoms with E-state index < -0.39 is 17.9 Å². The van der Waals surface area contributed by atoms with Crippen LogP contribution in [0.1, 0.15) is 5.56 Å². The van der Waals surface area contributed by atoms with Gasteiger partial charge in [0.05, 0.1) is 20.8 Å². The van der Waals surface area contributed by atoms with E-state index in [1.807, 2.05) is 30.3 Å². The summed E-state index contributed by atoms with van der Waals surface area (Å²) in [6.07, 6.45) is 4.03. The molecule has 5 heteroatoms. The number of hydrogen-bond donors (Lipinski definition) is 0. The van der Waals surface area contributed by atoms with Crippen molar-refractivity contribution in [3.63, 3.8) is 0 Å². The van der Waals surface area contributed by atoms with Crippen LogP contribution in [0.25, 0.3) is 0 Å². The number of methoxy groups -OCH3 is 2. The Balaban J connectivity index is 2.67. The van der Waals surface area contributed by atoms with Crippen LogP contribution in [0.15, 0.2) is 47.5 Å². The topological polar surface area (TPSA) is 65.0 Å². The lowest BCUT2D eigenvalue weighted by atomic mass is 10.1. The van der Waals surface area contributed by atoms with E-state index in [4.69, 9.17) is 0 Å². The fraction of sp³-hybridized carbons (Fsp3) is 0.267. The maximum atomic E-state index is 11.5. The van der Waals surface area contributed by atoms with Crippen LogP contribution in [-0.2, 0) is 25.6 Å². The maximum absolute atomic E-state index is 11.5. The quantitative estimate of drug-likeness (QED) is 0.451. The number of benzene rings is 1. The predicted molar refractivity (Wildman–Crippen MR) is 75.3 cm³/mol. The molecule has 1 aromatic rings.